The highest BCUT2D eigenvalue weighted by Gasteiger charge is 2.10. The summed E-state index contributed by atoms with van der Waals surface area (Å²) >= 11 is 0. The first-order valence-corrected chi connectivity index (χ1v) is 9.72. The lowest BCUT2D eigenvalue weighted by molar-refractivity contribution is 0.584. The highest BCUT2D eigenvalue weighted by Crippen LogP contribution is 2.28. The third kappa shape index (κ3) is 3.66. The number of benzene rings is 2. The van der Waals surface area contributed by atoms with E-state index in [0.717, 1.165) is 10.9 Å². The molecule has 0 saturated carbocycles. The maximum atomic E-state index is 13.5. The van der Waals surface area contributed by atoms with Gasteiger partial charge in [-0.15, -0.1) is 0 Å². The number of rotatable bonds is 4. The molecule has 28 heavy (non-hydrogen) atoms. The second kappa shape index (κ2) is 6.95. The van der Waals surface area contributed by atoms with Crippen molar-refractivity contribution in [2.45, 2.75) is 4.90 Å². The number of nitrogens with two attached hydrogens (primary N) is 1. The van der Waals surface area contributed by atoms with Crippen LogP contribution in [0.15, 0.2) is 71.9 Å². The van der Waals surface area contributed by atoms with Crippen LogP contribution in [0.1, 0.15) is 0 Å². The highest BCUT2D eigenvalue weighted by atomic mass is 32.2. The van der Waals surface area contributed by atoms with Gasteiger partial charge < -0.3 is 5.32 Å². The molecule has 2 aromatic carbocycles. The molecule has 0 aliphatic carbocycles. The second-order valence-electron chi connectivity index (χ2n) is 6.00. The standard InChI is InChI=1S/C19H14FN5O2S/c20-17-10-12(8-9-22-17)16-3-1-2-13-11-23-19(25-18(13)16)24-14-4-6-15(7-5-14)28(21,26)27/h1-11H,(H2,21,26,27)(H,23,24,25). The van der Waals surface area contributed by atoms with E-state index in [1.165, 1.54) is 24.4 Å². The van der Waals surface area contributed by atoms with E-state index in [0.29, 0.717) is 22.7 Å². The van der Waals surface area contributed by atoms with Crippen LogP contribution in [0.2, 0.25) is 0 Å². The van der Waals surface area contributed by atoms with Gasteiger partial charge in [0, 0.05) is 35.1 Å². The summed E-state index contributed by atoms with van der Waals surface area (Å²) in [6, 6.07) is 14.5. The molecule has 9 heteroatoms. The van der Waals surface area contributed by atoms with E-state index in [4.69, 9.17) is 5.14 Å². The number of sulfonamides is 1. The van der Waals surface area contributed by atoms with Crippen molar-refractivity contribution in [3.05, 3.63) is 72.9 Å². The minimum Gasteiger partial charge on any atom is -0.324 e. The van der Waals surface area contributed by atoms with E-state index < -0.39 is 16.0 Å². The van der Waals surface area contributed by atoms with E-state index in [1.54, 1.807) is 24.4 Å². The summed E-state index contributed by atoms with van der Waals surface area (Å²) in [6.07, 6.45) is 3.06. The van der Waals surface area contributed by atoms with Gasteiger partial charge >= 0.3 is 0 Å². The first kappa shape index (κ1) is 18.0. The minimum absolute atomic E-state index is 0.0134. The Morgan fingerprint density at radius 2 is 1.79 bits per heavy atom. The van der Waals surface area contributed by atoms with Crippen molar-refractivity contribution in [1.29, 1.82) is 0 Å². The van der Waals surface area contributed by atoms with Gasteiger partial charge in [0.15, 0.2) is 0 Å². The highest BCUT2D eigenvalue weighted by molar-refractivity contribution is 7.89. The van der Waals surface area contributed by atoms with E-state index >= 15 is 0 Å². The molecule has 0 unspecified atom stereocenters. The van der Waals surface area contributed by atoms with Gasteiger partial charge in [-0.25, -0.2) is 28.5 Å². The van der Waals surface area contributed by atoms with E-state index in [-0.39, 0.29) is 4.90 Å². The van der Waals surface area contributed by atoms with Gasteiger partial charge in [0.05, 0.1) is 10.4 Å². The normalized spacial score (nSPS) is 11.5. The Kier molecular flexibility index (Phi) is 4.46. The van der Waals surface area contributed by atoms with Crippen LogP contribution >= 0.6 is 0 Å². The van der Waals surface area contributed by atoms with Crippen molar-refractivity contribution in [2.24, 2.45) is 5.14 Å². The van der Waals surface area contributed by atoms with Crippen molar-refractivity contribution in [3.8, 4) is 11.1 Å². The number of fused-ring (bicyclic) bond motifs is 1. The molecule has 4 rings (SSSR count). The number of pyridine rings is 1. The Morgan fingerprint density at radius 1 is 1.00 bits per heavy atom. The van der Waals surface area contributed by atoms with Gasteiger partial charge in [-0.2, -0.15) is 4.39 Å². The summed E-state index contributed by atoms with van der Waals surface area (Å²) in [5.41, 5.74) is 2.64. The molecule has 140 valence electrons. The minimum atomic E-state index is -3.76. The van der Waals surface area contributed by atoms with Crippen LogP contribution in [0.25, 0.3) is 22.0 Å². The predicted molar refractivity (Wildman–Crippen MR) is 104 cm³/mol. The maximum Gasteiger partial charge on any atom is 0.238 e. The van der Waals surface area contributed by atoms with Crippen LogP contribution in [-0.2, 0) is 10.0 Å². The molecule has 0 aliphatic heterocycles. The Morgan fingerprint density at radius 3 is 2.50 bits per heavy atom. The van der Waals surface area contributed by atoms with Crippen LogP contribution in [-0.4, -0.2) is 23.4 Å². The lowest BCUT2D eigenvalue weighted by Crippen LogP contribution is -2.11. The SMILES string of the molecule is NS(=O)(=O)c1ccc(Nc2ncc3cccc(-c4ccnc(F)c4)c3n2)cc1. The fraction of sp³-hybridized carbons (Fsp3) is 0. The van der Waals surface area contributed by atoms with Crippen LogP contribution in [0.3, 0.4) is 0 Å². The van der Waals surface area contributed by atoms with Crippen molar-refractivity contribution in [3.63, 3.8) is 0 Å². The Balaban J connectivity index is 1.72. The average Bonchev–Trinajstić information content (AvgIpc) is 2.67. The molecule has 3 N–H and O–H groups in total. The van der Waals surface area contributed by atoms with Crippen LogP contribution in [0.4, 0.5) is 16.0 Å². The zero-order valence-electron chi connectivity index (χ0n) is 14.4. The number of para-hydroxylation sites is 1. The molecule has 7 nitrogen and oxygen atoms in total. The smallest absolute Gasteiger partial charge is 0.238 e. The summed E-state index contributed by atoms with van der Waals surface area (Å²) in [5, 5.41) is 8.92. The molecule has 0 bridgehead atoms. The number of nitrogens with zero attached hydrogens (tertiary/aromatic N) is 3. The topological polar surface area (TPSA) is 111 Å². The summed E-state index contributed by atoms with van der Waals surface area (Å²) in [6.45, 7) is 0. The van der Waals surface area contributed by atoms with Crippen molar-refractivity contribution in [1.82, 2.24) is 15.0 Å². The Bertz CT molecular complexity index is 1280. The molecule has 4 aromatic rings. The van der Waals surface area contributed by atoms with Gasteiger partial charge in [0.25, 0.3) is 0 Å². The number of halogens is 1. The van der Waals surface area contributed by atoms with Crippen LogP contribution in [0, 0.1) is 5.95 Å². The number of hydrogen-bond acceptors (Lipinski definition) is 6. The average molecular weight is 395 g/mol. The molecule has 0 aliphatic rings. The lowest BCUT2D eigenvalue weighted by Gasteiger charge is -2.09. The predicted octanol–water partition coefficient (Wildman–Crippen LogP) is 3.22. The first-order valence-electron chi connectivity index (χ1n) is 8.18. The maximum absolute atomic E-state index is 13.5. The zero-order valence-corrected chi connectivity index (χ0v) is 15.2. The van der Waals surface area contributed by atoms with Crippen molar-refractivity contribution < 1.29 is 12.8 Å². The fourth-order valence-corrected chi connectivity index (χ4v) is 3.29. The van der Waals surface area contributed by atoms with Gasteiger partial charge in [-0.1, -0.05) is 18.2 Å². The molecule has 0 saturated heterocycles. The molecule has 2 heterocycles. The Labute approximate surface area is 160 Å². The van der Waals surface area contributed by atoms with Gasteiger partial charge in [0.2, 0.25) is 21.9 Å². The molecule has 2 aromatic heterocycles. The van der Waals surface area contributed by atoms with Gasteiger partial charge in [0.1, 0.15) is 0 Å². The number of anilines is 2. The molecule has 0 amide bonds. The number of primary sulfonamides is 1. The monoisotopic (exact) mass is 395 g/mol. The molecular formula is C19H14FN5O2S. The first-order chi connectivity index (χ1) is 13.4. The van der Waals surface area contributed by atoms with E-state index in [9.17, 15) is 12.8 Å². The molecular weight excluding hydrogens is 381 g/mol. The van der Waals surface area contributed by atoms with Crippen LogP contribution in [0.5, 0.6) is 0 Å². The third-order valence-corrected chi connectivity index (χ3v) is 5.02. The lowest BCUT2D eigenvalue weighted by atomic mass is 10.0. The van der Waals surface area contributed by atoms with Crippen molar-refractivity contribution in [2.75, 3.05) is 5.32 Å². The van der Waals surface area contributed by atoms with E-state index in [2.05, 4.69) is 20.3 Å². The summed E-state index contributed by atoms with van der Waals surface area (Å²) in [7, 11) is -3.76. The van der Waals surface area contributed by atoms with Gasteiger partial charge in [-0.05, 0) is 35.9 Å². The second-order valence-corrected chi connectivity index (χ2v) is 7.56. The third-order valence-electron chi connectivity index (χ3n) is 4.09. The van der Waals surface area contributed by atoms with E-state index in [1.807, 2.05) is 18.2 Å². The molecule has 0 radical (unpaired) electrons. The fourth-order valence-electron chi connectivity index (χ4n) is 2.78. The zero-order chi connectivity index (χ0) is 19.7. The molecule has 0 spiro atoms. The number of aromatic nitrogens is 3. The quantitative estimate of drug-likeness (QED) is 0.513. The molecule has 0 fully saturated rings. The number of nitrogens with one attached hydrogen (secondary N) is 1. The van der Waals surface area contributed by atoms with Crippen molar-refractivity contribution >= 4 is 32.6 Å². The van der Waals surface area contributed by atoms with Gasteiger partial charge in [-0.3, -0.25) is 0 Å². The Hall–Kier alpha value is -3.43. The summed E-state index contributed by atoms with van der Waals surface area (Å²) in [5.74, 6) is -0.255. The number of hydrogen-bond donors (Lipinski definition) is 2. The summed E-state index contributed by atoms with van der Waals surface area (Å²) < 4.78 is 36.2. The van der Waals surface area contributed by atoms with Crippen LogP contribution < -0.4 is 10.5 Å². The summed E-state index contributed by atoms with van der Waals surface area (Å²) in [4.78, 5) is 12.4. The largest absolute Gasteiger partial charge is 0.324 e. The molecule has 0 atom stereocenters.